The highest BCUT2D eigenvalue weighted by Gasteiger charge is 2.36. The van der Waals surface area contributed by atoms with Crippen LogP contribution in [-0.4, -0.2) is 30.9 Å². The van der Waals surface area contributed by atoms with E-state index in [0.717, 1.165) is 0 Å². The van der Waals surface area contributed by atoms with E-state index in [0.29, 0.717) is 54.3 Å². The fraction of sp³-hybridized carbons (Fsp3) is 0.269. The summed E-state index contributed by atoms with van der Waals surface area (Å²) in [6, 6.07) is 9.59. The van der Waals surface area contributed by atoms with Gasteiger partial charge in [0.25, 0.3) is 5.56 Å². The van der Waals surface area contributed by atoms with Gasteiger partial charge >= 0.3 is 5.97 Å². The van der Waals surface area contributed by atoms with Crippen molar-refractivity contribution in [2.75, 3.05) is 20.3 Å². The van der Waals surface area contributed by atoms with E-state index in [-0.39, 0.29) is 17.7 Å². The van der Waals surface area contributed by atoms with Gasteiger partial charge in [-0.2, -0.15) is 0 Å². The first-order valence-electron chi connectivity index (χ1n) is 11.2. The number of fused-ring (bicyclic) bond motifs is 1. The number of thiazole rings is 1. The summed E-state index contributed by atoms with van der Waals surface area (Å²) in [6.07, 6.45) is 1.69. The third kappa shape index (κ3) is 4.81. The Bertz CT molecular complexity index is 1540. The molecule has 0 aliphatic carbocycles. The van der Waals surface area contributed by atoms with E-state index in [1.54, 1.807) is 50.3 Å². The molecule has 3 aromatic rings. The Morgan fingerprint density at radius 2 is 1.97 bits per heavy atom. The number of aromatic nitrogens is 1. The minimum absolute atomic E-state index is 0.179. The summed E-state index contributed by atoms with van der Waals surface area (Å²) in [6.45, 7) is 5.85. The number of allylic oxidation sites excluding steroid dienone is 1. The van der Waals surface area contributed by atoms with Crippen LogP contribution < -0.4 is 24.4 Å². The zero-order chi connectivity index (χ0) is 26.0. The number of benzene rings is 2. The molecule has 0 radical (unpaired) electrons. The van der Waals surface area contributed by atoms with Crippen molar-refractivity contribution in [3.63, 3.8) is 0 Å². The number of ether oxygens (including phenoxy) is 3. The maximum atomic E-state index is 13.8. The quantitative estimate of drug-likeness (QED) is 0.407. The lowest BCUT2D eigenvalue weighted by Crippen LogP contribution is -2.40. The van der Waals surface area contributed by atoms with Gasteiger partial charge in [0.1, 0.15) is 6.04 Å². The number of rotatable bonds is 7. The van der Waals surface area contributed by atoms with Crippen LogP contribution >= 0.6 is 34.5 Å². The van der Waals surface area contributed by atoms with Gasteiger partial charge in [-0.1, -0.05) is 52.7 Å². The minimum atomic E-state index is -0.834. The molecule has 36 heavy (non-hydrogen) atoms. The molecule has 0 unspecified atom stereocenters. The van der Waals surface area contributed by atoms with Gasteiger partial charge in [-0.25, -0.2) is 9.79 Å². The average Bonchev–Trinajstić information content (AvgIpc) is 3.15. The van der Waals surface area contributed by atoms with Crippen molar-refractivity contribution in [3.8, 4) is 11.5 Å². The smallest absolute Gasteiger partial charge is 0.338 e. The second-order valence-corrected chi connectivity index (χ2v) is 9.63. The molecule has 0 amide bonds. The van der Waals surface area contributed by atoms with Crippen molar-refractivity contribution in [3.05, 3.63) is 88.5 Å². The molecule has 0 spiro atoms. The topological polar surface area (TPSA) is 79.1 Å². The monoisotopic (exact) mass is 546 g/mol. The van der Waals surface area contributed by atoms with Crippen LogP contribution in [0.3, 0.4) is 0 Å². The van der Waals surface area contributed by atoms with Gasteiger partial charge < -0.3 is 14.2 Å². The molecule has 7 nitrogen and oxygen atoms in total. The molecule has 4 rings (SSSR count). The average molecular weight is 547 g/mol. The summed E-state index contributed by atoms with van der Waals surface area (Å²) < 4.78 is 18.7. The molecular weight excluding hydrogens is 523 g/mol. The summed E-state index contributed by atoms with van der Waals surface area (Å²) in [7, 11) is 1.54. The van der Waals surface area contributed by atoms with E-state index in [1.165, 1.54) is 23.0 Å². The first-order chi connectivity index (χ1) is 17.3. The highest BCUT2D eigenvalue weighted by molar-refractivity contribution is 7.07. The second-order valence-electron chi connectivity index (χ2n) is 7.78. The second kappa shape index (κ2) is 10.9. The minimum Gasteiger partial charge on any atom is -0.493 e. The standard InChI is InChI=1S/C26H24Cl2N2O5S/c1-5-34-23-17(8-7-9-19(23)33-4)22-21(25(32)35-6-2)14(3)29-26-30(22)24(31)20(36-26)12-15-10-11-16(27)13-18(15)28/h7-13,22H,5-6H2,1-4H3/b20-12+/t22-/m0/s1. The highest BCUT2D eigenvalue weighted by Crippen LogP contribution is 2.40. The number of hydrogen-bond acceptors (Lipinski definition) is 7. The predicted octanol–water partition coefficient (Wildman–Crippen LogP) is 4.51. The lowest BCUT2D eigenvalue weighted by molar-refractivity contribution is -0.139. The van der Waals surface area contributed by atoms with Gasteiger partial charge in [-0.3, -0.25) is 9.36 Å². The maximum Gasteiger partial charge on any atom is 0.338 e. The first-order valence-corrected chi connectivity index (χ1v) is 12.8. The Hall–Kier alpha value is -3.07. The fourth-order valence-electron chi connectivity index (χ4n) is 4.05. The molecule has 0 saturated carbocycles. The Morgan fingerprint density at radius 3 is 2.64 bits per heavy atom. The molecule has 0 fully saturated rings. The van der Waals surface area contributed by atoms with Crippen LogP contribution in [0.15, 0.2) is 57.5 Å². The lowest BCUT2D eigenvalue weighted by atomic mass is 9.94. The van der Waals surface area contributed by atoms with Crippen molar-refractivity contribution in [2.24, 2.45) is 4.99 Å². The predicted molar refractivity (Wildman–Crippen MR) is 141 cm³/mol. The zero-order valence-corrected chi connectivity index (χ0v) is 22.5. The van der Waals surface area contributed by atoms with E-state index < -0.39 is 12.0 Å². The van der Waals surface area contributed by atoms with E-state index in [9.17, 15) is 9.59 Å². The largest absolute Gasteiger partial charge is 0.493 e. The third-order valence-electron chi connectivity index (χ3n) is 5.58. The summed E-state index contributed by atoms with van der Waals surface area (Å²) >= 11 is 13.6. The number of hydrogen-bond donors (Lipinski definition) is 0. The van der Waals surface area contributed by atoms with Crippen molar-refractivity contribution in [1.82, 2.24) is 4.57 Å². The van der Waals surface area contributed by atoms with Crippen LogP contribution in [-0.2, 0) is 9.53 Å². The molecule has 0 bridgehead atoms. The zero-order valence-electron chi connectivity index (χ0n) is 20.1. The van der Waals surface area contributed by atoms with Crippen LogP contribution in [0.5, 0.6) is 11.5 Å². The van der Waals surface area contributed by atoms with Crippen molar-refractivity contribution < 1.29 is 19.0 Å². The number of halogens is 2. The molecule has 0 N–H and O–H groups in total. The van der Waals surface area contributed by atoms with Gasteiger partial charge in [-0.15, -0.1) is 0 Å². The highest BCUT2D eigenvalue weighted by atomic mass is 35.5. The molecule has 10 heteroatoms. The number of nitrogens with zero attached hydrogens (tertiary/aromatic N) is 2. The van der Waals surface area contributed by atoms with E-state index >= 15 is 0 Å². The van der Waals surface area contributed by atoms with Crippen LogP contribution in [0.4, 0.5) is 0 Å². The Balaban J connectivity index is 2.03. The van der Waals surface area contributed by atoms with Gasteiger partial charge in [-0.05, 0) is 50.6 Å². The SMILES string of the molecule is CCOC(=O)C1=C(C)N=c2s/c(=C/c3ccc(Cl)cc3Cl)c(=O)n2[C@H]1c1cccc(OC)c1OCC. The lowest BCUT2D eigenvalue weighted by Gasteiger charge is -2.26. The summed E-state index contributed by atoms with van der Waals surface area (Å²) in [5.74, 6) is 0.380. The van der Waals surface area contributed by atoms with Crippen molar-refractivity contribution in [1.29, 1.82) is 0 Å². The Morgan fingerprint density at radius 1 is 1.19 bits per heavy atom. The number of methoxy groups -OCH3 is 1. The maximum absolute atomic E-state index is 13.8. The van der Waals surface area contributed by atoms with E-state index in [1.807, 2.05) is 13.0 Å². The fourth-order valence-corrected chi connectivity index (χ4v) is 5.55. The van der Waals surface area contributed by atoms with E-state index in [2.05, 4.69) is 4.99 Å². The molecule has 1 atom stereocenters. The normalized spacial score (nSPS) is 15.4. The molecule has 2 heterocycles. The molecule has 1 aromatic heterocycles. The van der Waals surface area contributed by atoms with Crippen LogP contribution in [0.25, 0.3) is 6.08 Å². The number of esters is 1. The third-order valence-corrected chi connectivity index (χ3v) is 7.12. The molecule has 1 aliphatic rings. The first kappa shape index (κ1) is 26.0. The van der Waals surface area contributed by atoms with Crippen molar-refractivity contribution >= 4 is 46.6 Å². The molecule has 2 aromatic carbocycles. The summed E-state index contributed by atoms with van der Waals surface area (Å²) in [5.41, 5.74) is 1.62. The molecule has 0 saturated heterocycles. The van der Waals surface area contributed by atoms with Gasteiger partial charge in [0.2, 0.25) is 0 Å². The van der Waals surface area contributed by atoms with Crippen LogP contribution in [0.2, 0.25) is 10.0 Å². The number of carbonyl (C=O) groups excluding carboxylic acids is 1. The molecular formula is C26H24Cl2N2O5S. The Labute approximate surface area is 221 Å². The molecule has 1 aliphatic heterocycles. The van der Waals surface area contributed by atoms with Gasteiger partial charge in [0, 0.05) is 15.6 Å². The van der Waals surface area contributed by atoms with E-state index in [4.69, 9.17) is 37.4 Å². The number of para-hydroxylation sites is 1. The summed E-state index contributed by atoms with van der Waals surface area (Å²) in [5, 5.41) is 0.912. The Kier molecular flexibility index (Phi) is 7.88. The van der Waals surface area contributed by atoms with Crippen LogP contribution in [0, 0.1) is 0 Å². The van der Waals surface area contributed by atoms with Crippen molar-refractivity contribution in [2.45, 2.75) is 26.8 Å². The molecule has 188 valence electrons. The van der Waals surface area contributed by atoms with Gasteiger partial charge in [0.05, 0.1) is 36.1 Å². The number of carbonyl (C=O) groups is 1. The van der Waals surface area contributed by atoms with Gasteiger partial charge in [0.15, 0.2) is 16.3 Å². The van der Waals surface area contributed by atoms with Crippen LogP contribution in [0.1, 0.15) is 37.9 Å². The summed E-state index contributed by atoms with van der Waals surface area (Å²) in [4.78, 5) is 32.0.